The van der Waals surface area contributed by atoms with Gasteiger partial charge in [0.2, 0.25) is 5.88 Å². The van der Waals surface area contributed by atoms with Crippen LogP contribution in [0.5, 0.6) is 11.6 Å². The summed E-state index contributed by atoms with van der Waals surface area (Å²) >= 11 is 3.37. The molecule has 0 saturated heterocycles. The van der Waals surface area contributed by atoms with Gasteiger partial charge in [0.05, 0.1) is 0 Å². The molecular weight excluding hydrogens is 472 g/mol. The molecule has 32 heavy (non-hydrogen) atoms. The number of benzene rings is 1. The highest BCUT2D eigenvalue weighted by atomic mass is 79.9. The van der Waals surface area contributed by atoms with E-state index >= 15 is 0 Å². The van der Waals surface area contributed by atoms with Crippen molar-refractivity contribution in [3.63, 3.8) is 0 Å². The third-order valence-electron chi connectivity index (χ3n) is 5.36. The summed E-state index contributed by atoms with van der Waals surface area (Å²) in [5, 5.41) is 12.6. The molecule has 7 nitrogen and oxygen atoms in total. The molecule has 8 heteroatoms. The zero-order chi connectivity index (χ0) is 22.5. The zero-order valence-corrected chi connectivity index (χ0v) is 18.8. The number of nitrogens with one attached hydrogen (secondary N) is 1. The van der Waals surface area contributed by atoms with Crippen LogP contribution in [-0.4, -0.2) is 21.3 Å². The number of ether oxygens (including phenoxy) is 1. The highest BCUT2D eigenvalue weighted by Gasteiger charge is 2.20. The number of rotatable bonds is 5. The van der Waals surface area contributed by atoms with Gasteiger partial charge in [0, 0.05) is 16.7 Å². The van der Waals surface area contributed by atoms with E-state index in [9.17, 15) is 14.9 Å². The van der Waals surface area contributed by atoms with Gasteiger partial charge in [0.15, 0.2) is 0 Å². The molecule has 0 bridgehead atoms. The first-order chi connectivity index (χ1) is 15.5. The van der Waals surface area contributed by atoms with Gasteiger partial charge in [-0.05, 0) is 55.3 Å². The van der Waals surface area contributed by atoms with Crippen LogP contribution in [0.3, 0.4) is 0 Å². The maximum atomic E-state index is 13.2. The minimum Gasteiger partial charge on any atom is -0.438 e. The van der Waals surface area contributed by atoms with E-state index < -0.39 is 11.5 Å². The first-order valence-corrected chi connectivity index (χ1v) is 11.2. The lowest BCUT2D eigenvalue weighted by atomic mass is 9.95. The van der Waals surface area contributed by atoms with E-state index in [1.807, 2.05) is 6.07 Å². The number of halogens is 1. The number of carbonyl (C=O) groups is 1. The Hall–Kier alpha value is -3.44. The number of hydrogen-bond acceptors (Lipinski definition) is 5. The predicted molar refractivity (Wildman–Crippen MR) is 124 cm³/mol. The molecule has 1 fully saturated rings. The third kappa shape index (κ3) is 4.89. The van der Waals surface area contributed by atoms with Crippen LogP contribution in [0.25, 0.3) is 11.7 Å². The van der Waals surface area contributed by atoms with Crippen molar-refractivity contribution in [2.45, 2.75) is 38.1 Å². The topological polar surface area (TPSA) is 96.5 Å². The van der Waals surface area contributed by atoms with E-state index in [-0.39, 0.29) is 23.1 Å². The summed E-state index contributed by atoms with van der Waals surface area (Å²) < 4.78 is 8.13. The molecule has 1 aliphatic carbocycles. The van der Waals surface area contributed by atoms with Crippen molar-refractivity contribution in [1.82, 2.24) is 14.7 Å². The van der Waals surface area contributed by atoms with Gasteiger partial charge in [-0.25, -0.2) is 0 Å². The molecule has 0 spiro atoms. The van der Waals surface area contributed by atoms with E-state index in [1.165, 1.54) is 10.5 Å². The van der Waals surface area contributed by atoms with Gasteiger partial charge in [-0.1, -0.05) is 41.3 Å². The minimum atomic E-state index is -0.494. The predicted octanol–water partition coefficient (Wildman–Crippen LogP) is 4.61. The van der Waals surface area contributed by atoms with Crippen LogP contribution in [0.4, 0.5) is 0 Å². The largest absolute Gasteiger partial charge is 0.438 e. The van der Waals surface area contributed by atoms with E-state index in [2.05, 4.69) is 26.2 Å². The molecule has 3 aromatic rings. The molecule has 0 atom stereocenters. The van der Waals surface area contributed by atoms with Crippen molar-refractivity contribution < 1.29 is 9.53 Å². The Morgan fingerprint density at radius 1 is 1.19 bits per heavy atom. The fourth-order valence-corrected chi connectivity index (χ4v) is 3.97. The number of amides is 1. The molecule has 1 saturated carbocycles. The third-order valence-corrected chi connectivity index (χ3v) is 5.89. The Labute approximate surface area is 193 Å². The van der Waals surface area contributed by atoms with Crippen LogP contribution >= 0.6 is 15.9 Å². The Bertz CT molecular complexity index is 1270. The fourth-order valence-electron chi connectivity index (χ4n) is 3.70. The van der Waals surface area contributed by atoms with Crippen molar-refractivity contribution in [2.75, 3.05) is 0 Å². The molecule has 162 valence electrons. The minimum absolute atomic E-state index is 0.0294. The summed E-state index contributed by atoms with van der Waals surface area (Å²) in [6.45, 7) is 0. The van der Waals surface area contributed by atoms with Crippen LogP contribution in [0.2, 0.25) is 0 Å². The average molecular weight is 493 g/mol. The standard InChI is InChI=1S/C24H21BrN4O3/c25-17-9-11-19(12-10-17)32-23-20(24(31)29-13-5-4-8-21(29)28-23)14-16(15-26)22(30)27-18-6-2-1-3-7-18/h4-5,8-14,18H,1-3,6-7H2,(H,27,30). The van der Waals surface area contributed by atoms with Crippen molar-refractivity contribution in [1.29, 1.82) is 5.26 Å². The molecule has 2 aromatic heterocycles. The molecule has 0 aliphatic heterocycles. The second-order valence-electron chi connectivity index (χ2n) is 7.60. The summed E-state index contributed by atoms with van der Waals surface area (Å²) in [7, 11) is 0. The summed E-state index contributed by atoms with van der Waals surface area (Å²) in [5.41, 5.74) is -0.161. The van der Waals surface area contributed by atoms with E-state index in [0.717, 1.165) is 36.6 Å². The maximum Gasteiger partial charge on any atom is 0.269 e. The second-order valence-corrected chi connectivity index (χ2v) is 8.51. The molecule has 1 amide bonds. The number of fused-ring (bicyclic) bond motifs is 1. The number of carbonyl (C=O) groups excluding carboxylic acids is 1. The number of nitriles is 1. The first-order valence-electron chi connectivity index (χ1n) is 10.4. The fraction of sp³-hybridized carbons (Fsp3) is 0.250. The van der Waals surface area contributed by atoms with Gasteiger partial charge in [-0.3, -0.25) is 14.0 Å². The number of pyridine rings is 1. The molecule has 4 rings (SSSR count). The SMILES string of the molecule is N#CC(=Cc1c(Oc2ccc(Br)cc2)nc2ccccn2c1=O)C(=O)NC1CCCCC1. The lowest BCUT2D eigenvalue weighted by Crippen LogP contribution is -2.36. The van der Waals surface area contributed by atoms with Crippen molar-refractivity contribution in [3.8, 4) is 17.7 Å². The zero-order valence-electron chi connectivity index (χ0n) is 17.3. The van der Waals surface area contributed by atoms with Crippen LogP contribution in [0.1, 0.15) is 37.7 Å². The highest BCUT2D eigenvalue weighted by molar-refractivity contribution is 9.10. The van der Waals surface area contributed by atoms with E-state index in [0.29, 0.717) is 11.4 Å². The lowest BCUT2D eigenvalue weighted by molar-refractivity contribution is -0.117. The van der Waals surface area contributed by atoms with Crippen LogP contribution in [0, 0.1) is 11.3 Å². The van der Waals surface area contributed by atoms with Crippen LogP contribution in [-0.2, 0) is 4.79 Å². The van der Waals surface area contributed by atoms with E-state index in [4.69, 9.17) is 4.74 Å². The normalized spacial score (nSPS) is 14.7. The van der Waals surface area contributed by atoms with Gasteiger partial charge >= 0.3 is 0 Å². The lowest BCUT2D eigenvalue weighted by Gasteiger charge is -2.22. The van der Waals surface area contributed by atoms with E-state index in [1.54, 1.807) is 48.7 Å². The van der Waals surface area contributed by atoms with Crippen molar-refractivity contribution in [3.05, 3.63) is 74.6 Å². The number of hydrogen-bond donors (Lipinski definition) is 1. The van der Waals surface area contributed by atoms with Crippen molar-refractivity contribution >= 4 is 33.6 Å². The average Bonchev–Trinajstić information content (AvgIpc) is 2.81. The van der Waals surface area contributed by atoms with Gasteiger partial charge in [-0.2, -0.15) is 10.2 Å². The van der Waals surface area contributed by atoms with Crippen molar-refractivity contribution in [2.24, 2.45) is 0 Å². The number of aromatic nitrogens is 2. The Morgan fingerprint density at radius 3 is 2.66 bits per heavy atom. The Kier molecular flexibility index (Phi) is 6.66. The summed E-state index contributed by atoms with van der Waals surface area (Å²) in [5.74, 6) is 0.00786. The second kappa shape index (κ2) is 9.79. The maximum absolute atomic E-state index is 13.2. The van der Waals surface area contributed by atoms with Gasteiger partial charge < -0.3 is 10.1 Å². The molecule has 1 aliphatic rings. The molecule has 1 aromatic carbocycles. The van der Waals surface area contributed by atoms with Gasteiger partial charge in [0.1, 0.15) is 28.6 Å². The smallest absolute Gasteiger partial charge is 0.269 e. The molecule has 0 unspecified atom stereocenters. The summed E-state index contributed by atoms with van der Waals surface area (Å²) in [4.78, 5) is 30.4. The summed E-state index contributed by atoms with van der Waals surface area (Å²) in [6, 6.07) is 14.2. The Balaban J connectivity index is 1.75. The monoisotopic (exact) mass is 492 g/mol. The van der Waals surface area contributed by atoms with Crippen LogP contribution < -0.4 is 15.6 Å². The van der Waals surface area contributed by atoms with Crippen LogP contribution in [0.15, 0.2) is 63.5 Å². The molecular formula is C24H21BrN4O3. The molecule has 0 radical (unpaired) electrons. The molecule has 2 heterocycles. The first kappa shape index (κ1) is 21.8. The van der Waals surface area contributed by atoms with Gasteiger partial charge in [0.25, 0.3) is 11.5 Å². The summed E-state index contributed by atoms with van der Waals surface area (Å²) in [6.07, 6.45) is 7.89. The highest BCUT2D eigenvalue weighted by Crippen LogP contribution is 2.25. The van der Waals surface area contributed by atoms with Gasteiger partial charge in [-0.15, -0.1) is 0 Å². The quantitative estimate of drug-likeness (QED) is 0.414. The Morgan fingerprint density at radius 2 is 1.94 bits per heavy atom. The number of nitrogens with zero attached hydrogens (tertiary/aromatic N) is 3. The molecule has 1 N–H and O–H groups in total.